The Bertz CT molecular complexity index is 1050. The molecular weight excluding hydrogens is 409 g/mol. The van der Waals surface area contributed by atoms with E-state index in [4.69, 9.17) is 4.74 Å². The number of nitrogens with zero attached hydrogens (tertiary/aromatic N) is 3. The Morgan fingerprint density at radius 3 is 2.90 bits per heavy atom. The van der Waals surface area contributed by atoms with Crippen LogP contribution in [0, 0.1) is 0 Å². The monoisotopic (exact) mass is 424 g/mol. The summed E-state index contributed by atoms with van der Waals surface area (Å²) >= 11 is 1.31. The van der Waals surface area contributed by atoms with Gasteiger partial charge < -0.3 is 19.5 Å². The van der Waals surface area contributed by atoms with E-state index >= 15 is 0 Å². The summed E-state index contributed by atoms with van der Waals surface area (Å²) in [4.78, 5) is 19.1. The molecule has 0 saturated heterocycles. The number of carbonyl (C=O) groups is 1. The van der Waals surface area contributed by atoms with E-state index in [0.29, 0.717) is 35.8 Å². The first-order valence-corrected chi connectivity index (χ1v) is 9.38. The van der Waals surface area contributed by atoms with Crippen molar-refractivity contribution in [1.82, 2.24) is 15.0 Å². The van der Waals surface area contributed by atoms with Crippen LogP contribution in [-0.4, -0.2) is 34.7 Å². The molecule has 0 aliphatic carbocycles. The van der Waals surface area contributed by atoms with E-state index in [2.05, 4.69) is 20.0 Å². The second-order valence-corrected chi connectivity index (χ2v) is 7.45. The third kappa shape index (κ3) is 4.04. The molecule has 1 aliphatic heterocycles. The first kappa shape index (κ1) is 19.2. The van der Waals surface area contributed by atoms with Gasteiger partial charge in [-0.15, -0.1) is 11.3 Å². The molecule has 0 spiro atoms. The van der Waals surface area contributed by atoms with Crippen molar-refractivity contribution in [2.45, 2.75) is 19.1 Å². The molecular formula is C18H15F3N4O3S. The van der Waals surface area contributed by atoms with E-state index in [1.54, 1.807) is 42.3 Å². The third-order valence-electron chi connectivity index (χ3n) is 4.36. The normalized spacial score (nSPS) is 13.9. The van der Waals surface area contributed by atoms with Gasteiger partial charge in [0.25, 0.3) is 0 Å². The molecule has 152 valence electrons. The molecule has 3 heterocycles. The zero-order valence-electron chi connectivity index (χ0n) is 15.1. The number of urea groups is 1. The molecule has 4 rings (SSSR count). The number of anilines is 1. The minimum atomic E-state index is -4.68. The van der Waals surface area contributed by atoms with Crippen LogP contribution in [0.25, 0.3) is 10.7 Å². The number of methoxy groups -OCH3 is 1. The van der Waals surface area contributed by atoms with Crippen LogP contribution in [0.4, 0.5) is 23.7 Å². The molecule has 0 unspecified atom stereocenters. The Balaban J connectivity index is 1.47. The van der Waals surface area contributed by atoms with Crippen molar-refractivity contribution in [3.8, 4) is 16.5 Å². The van der Waals surface area contributed by atoms with Crippen molar-refractivity contribution in [3.05, 3.63) is 46.7 Å². The Hall–Kier alpha value is -3.08. The fourth-order valence-electron chi connectivity index (χ4n) is 2.96. The average Bonchev–Trinajstić information content (AvgIpc) is 3.34. The number of ether oxygens (including phenoxy) is 1. The van der Waals surface area contributed by atoms with E-state index in [1.807, 2.05) is 0 Å². The largest absolute Gasteiger partial charge is 0.497 e. The Morgan fingerprint density at radius 2 is 2.17 bits per heavy atom. The first-order chi connectivity index (χ1) is 13.8. The Kier molecular flexibility index (Phi) is 4.91. The fourth-order valence-corrected chi connectivity index (χ4v) is 4.05. The Morgan fingerprint density at radius 1 is 1.34 bits per heavy atom. The van der Waals surface area contributed by atoms with Crippen molar-refractivity contribution < 1.29 is 27.2 Å². The lowest BCUT2D eigenvalue weighted by Gasteiger charge is -2.27. The van der Waals surface area contributed by atoms with Gasteiger partial charge in [0.05, 0.1) is 12.0 Å². The molecule has 0 atom stereocenters. The second-order valence-electron chi connectivity index (χ2n) is 6.31. The SMILES string of the molecule is COc1cccc(NC(=O)N2CCc3sc(-c4noc(C(F)(F)F)n4)cc3C2)c1. The van der Waals surface area contributed by atoms with Gasteiger partial charge >= 0.3 is 18.1 Å². The zero-order chi connectivity index (χ0) is 20.6. The summed E-state index contributed by atoms with van der Waals surface area (Å²) in [6.45, 7) is 0.828. The highest BCUT2D eigenvalue weighted by Gasteiger charge is 2.38. The summed E-state index contributed by atoms with van der Waals surface area (Å²) in [5, 5.41) is 6.24. The molecule has 0 saturated carbocycles. The van der Waals surface area contributed by atoms with Crippen molar-refractivity contribution in [2.75, 3.05) is 19.0 Å². The summed E-state index contributed by atoms with van der Waals surface area (Å²) in [5.41, 5.74) is 1.47. The lowest BCUT2D eigenvalue weighted by Crippen LogP contribution is -2.38. The van der Waals surface area contributed by atoms with E-state index in [1.165, 1.54) is 11.3 Å². The summed E-state index contributed by atoms with van der Waals surface area (Å²) in [6.07, 6.45) is -4.09. The molecule has 1 aromatic carbocycles. The molecule has 11 heteroatoms. The van der Waals surface area contributed by atoms with Crippen molar-refractivity contribution in [2.24, 2.45) is 0 Å². The molecule has 2 aromatic heterocycles. The van der Waals surface area contributed by atoms with Crippen LogP contribution in [-0.2, 0) is 19.1 Å². The topological polar surface area (TPSA) is 80.5 Å². The molecule has 0 fully saturated rings. The lowest BCUT2D eigenvalue weighted by atomic mass is 10.1. The minimum Gasteiger partial charge on any atom is -0.497 e. The molecule has 29 heavy (non-hydrogen) atoms. The molecule has 0 bridgehead atoms. The molecule has 1 N–H and O–H groups in total. The maximum atomic E-state index is 12.7. The van der Waals surface area contributed by atoms with E-state index in [0.717, 1.165) is 10.4 Å². The molecule has 3 aromatic rings. The van der Waals surface area contributed by atoms with Crippen LogP contribution >= 0.6 is 11.3 Å². The number of nitrogens with one attached hydrogen (secondary N) is 1. The van der Waals surface area contributed by atoms with Gasteiger partial charge in [0.2, 0.25) is 5.82 Å². The average molecular weight is 424 g/mol. The van der Waals surface area contributed by atoms with Crippen LogP contribution in [0.5, 0.6) is 5.75 Å². The van der Waals surface area contributed by atoms with Gasteiger partial charge in [0, 0.05) is 29.7 Å². The van der Waals surface area contributed by atoms with Crippen LogP contribution in [0.15, 0.2) is 34.9 Å². The van der Waals surface area contributed by atoms with Crippen LogP contribution in [0.1, 0.15) is 16.3 Å². The summed E-state index contributed by atoms with van der Waals surface area (Å²) < 4.78 is 47.4. The van der Waals surface area contributed by atoms with Gasteiger partial charge in [-0.2, -0.15) is 18.2 Å². The summed E-state index contributed by atoms with van der Waals surface area (Å²) in [7, 11) is 1.54. The maximum Gasteiger partial charge on any atom is 0.471 e. The van der Waals surface area contributed by atoms with Crippen LogP contribution < -0.4 is 10.1 Å². The van der Waals surface area contributed by atoms with Gasteiger partial charge in [-0.25, -0.2) is 4.79 Å². The quantitative estimate of drug-likeness (QED) is 0.674. The second kappa shape index (κ2) is 7.39. The van der Waals surface area contributed by atoms with Gasteiger partial charge in [0.15, 0.2) is 0 Å². The predicted octanol–water partition coefficient (Wildman–Crippen LogP) is 4.42. The fraction of sp³-hybridized carbons (Fsp3) is 0.278. The van der Waals surface area contributed by atoms with Crippen LogP contribution in [0.3, 0.4) is 0 Å². The first-order valence-electron chi connectivity index (χ1n) is 8.56. The number of amides is 2. The van der Waals surface area contributed by atoms with Crippen molar-refractivity contribution >= 4 is 23.1 Å². The highest BCUT2D eigenvalue weighted by Crippen LogP contribution is 2.35. The van der Waals surface area contributed by atoms with Gasteiger partial charge in [-0.1, -0.05) is 11.2 Å². The van der Waals surface area contributed by atoms with Gasteiger partial charge in [0.1, 0.15) is 5.75 Å². The number of benzene rings is 1. The smallest absolute Gasteiger partial charge is 0.471 e. The van der Waals surface area contributed by atoms with Crippen LogP contribution in [0.2, 0.25) is 0 Å². The molecule has 7 nitrogen and oxygen atoms in total. The summed E-state index contributed by atoms with van der Waals surface area (Å²) in [5.74, 6) is -0.855. The van der Waals surface area contributed by atoms with Crippen molar-refractivity contribution in [3.63, 3.8) is 0 Å². The third-order valence-corrected chi connectivity index (χ3v) is 5.60. The number of aromatic nitrogens is 2. The van der Waals surface area contributed by atoms with E-state index in [9.17, 15) is 18.0 Å². The predicted molar refractivity (Wildman–Crippen MR) is 98.7 cm³/mol. The highest BCUT2D eigenvalue weighted by atomic mass is 32.1. The number of halogens is 3. The number of alkyl halides is 3. The zero-order valence-corrected chi connectivity index (χ0v) is 15.9. The molecule has 0 radical (unpaired) electrons. The van der Waals surface area contributed by atoms with Crippen molar-refractivity contribution in [1.29, 1.82) is 0 Å². The molecule has 2 amide bonds. The number of rotatable bonds is 3. The lowest BCUT2D eigenvalue weighted by molar-refractivity contribution is -0.159. The number of hydrogen-bond donors (Lipinski definition) is 1. The van der Waals surface area contributed by atoms with Gasteiger partial charge in [-0.3, -0.25) is 0 Å². The Labute approximate surface area is 167 Å². The maximum absolute atomic E-state index is 12.7. The van der Waals surface area contributed by atoms with E-state index < -0.39 is 12.1 Å². The van der Waals surface area contributed by atoms with E-state index in [-0.39, 0.29) is 11.9 Å². The summed E-state index contributed by atoms with van der Waals surface area (Å²) in [6, 6.07) is 8.45. The molecule has 1 aliphatic rings. The number of fused-ring (bicyclic) bond motifs is 1. The van der Waals surface area contributed by atoms with Gasteiger partial charge in [-0.05, 0) is 30.2 Å². The minimum absolute atomic E-state index is 0.107. The highest BCUT2D eigenvalue weighted by molar-refractivity contribution is 7.15. The number of thiophene rings is 1. The number of carbonyl (C=O) groups excluding carboxylic acids is 1. The number of hydrogen-bond acceptors (Lipinski definition) is 6. The standard InChI is InChI=1S/C18H15F3N4O3S/c1-27-12-4-2-3-11(8-12)22-17(26)25-6-5-13-10(9-25)7-14(29-13)15-23-16(28-24-15)18(19,20)21/h2-4,7-8H,5-6,9H2,1H3,(H,22,26).